The van der Waals surface area contributed by atoms with Crippen LogP contribution in [0, 0.1) is 23.2 Å². The van der Waals surface area contributed by atoms with Gasteiger partial charge in [0.1, 0.15) is 6.54 Å². The SMILES string of the molecule is N#CCNC(=O)C1CCCCC1CS(=O)(=O)c1ccc(SCC(=O)O)cc1. The Labute approximate surface area is 163 Å². The second-order valence-electron chi connectivity index (χ2n) is 6.46. The van der Waals surface area contributed by atoms with E-state index in [9.17, 15) is 18.0 Å². The summed E-state index contributed by atoms with van der Waals surface area (Å²) in [7, 11) is -3.57. The van der Waals surface area contributed by atoms with Crippen molar-refractivity contribution in [3.8, 4) is 6.07 Å². The van der Waals surface area contributed by atoms with Gasteiger partial charge in [-0.15, -0.1) is 11.8 Å². The number of hydrogen-bond acceptors (Lipinski definition) is 6. The van der Waals surface area contributed by atoms with Crippen molar-refractivity contribution >= 4 is 33.5 Å². The molecule has 1 aromatic rings. The van der Waals surface area contributed by atoms with E-state index < -0.39 is 21.7 Å². The van der Waals surface area contributed by atoms with Gasteiger partial charge in [0.2, 0.25) is 5.91 Å². The standard InChI is InChI=1S/C18H22N2O5S2/c19-9-10-20-18(23)16-4-2-1-3-13(16)12-27(24,25)15-7-5-14(6-8-15)26-11-17(21)22/h5-8,13,16H,1-4,10-12H2,(H,20,23)(H,21,22). The van der Waals surface area contributed by atoms with Gasteiger partial charge in [0.25, 0.3) is 0 Å². The Morgan fingerprint density at radius 1 is 1.22 bits per heavy atom. The summed E-state index contributed by atoms with van der Waals surface area (Å²) >= 11 is 1.12. The van der Waals surface area contributed by atoms with Gasteiger partial charge in [-0.2, -0.15) is 5.26 Å². The molecule has 0 heterocycles. The second kappa shape index (κ2) is 9.76. The highest BCUT2D eigenvalue weighted by Gasteiger charge is 2.34. The maximum Gasteiger partial charge on any atom is 0.313 e. The van der Waals surface area contributed by atoms with E-state index in [1.54, 1.807) is 12.1 Å². The number of carbonyl (C=O) groups is 2. The van der Waals surface area contributed by atoms with Crippen LogP contribution in [0.1, 0.15) is 25.7 Å². The Morgan fingerprint density at radius 2 is 1.89 bits per heavy atom. The van der Waals surface area contributed by atoms with Crippen LogP contribution >= 0.6 is 11.8 Å². The fourth-order valence-corrected chi connectivity index (χ4v) is 5.60. The monoisotopic (exact) mass is 410 g/mol. The number of benzene rings is 1. The van der Waals surface area contributed by atoms with Gasteiger partial charge in [0.05, 0.1) is 22.5 Å². The first-order valence-corrected chi connectivity index (χ1v) is 11.3. The number of rotatable bonds is 8. The third kappa shape index (κ3) is 6.26. The Kier molecular flexibility index (Phi) is 7.68. The Balaban J connectivity index is 2.07. The molecule has 1 saturated carbocycles. The lowest BCUT2D eigenvalue weighted by Crippen LogP contribution is -2.39. The summed E-state index contributed by atoms with van der Waals surface area (Å²) in [5.74, 6) is -2.06. The van der Waals surface area contributed by atoms with Crippen molar-refractivity contribution in [2.24, 2.45) is 11.8 Å². The smallest absolute Gasteiger partial charge is 0.313 e. The Hall–Kier alpha value is -2.05. The molecule has 1 aliphatic rings. The highest BCUT2D eigenvalue weighted by atomic mass is 32.2. The summed E-state index contributed by atoms with van der Waals surface area (Å²) < 4.78 is 25.6. The van der Waals surface area contributed by atoms with Gasteiger partial charge in [0.15, 0.2) is 9.84 Å². The molecule has 9 heteroatoms. The van der Waals surface area contributed by atoms with Gasteiger partial charge >= 0.3 is 5.97 Å². The number of nitrogens with one attached hydrogen (secondary N) is 1. The predicted octanol–water partition coefficient (Wildman–Crippen LogP) is 2.08. The fraction of sp³-hybridized carbons (Fsp3) is 0.500. The number of hydrogen-bond donors (Lipinski definition) is 2. The first kappa shape index (κ1) is 21.3. The fourth-order valence-electron chi connectivity index (χ4n) is 3.28. The average molecular weight is 411 g/mol. The maximum atomic E-state index is 12.8. The van der Waals surface area contributed by atoms with E-state index >= 15 is 0 Å². The van der Waals surface area contributed by atoms with E-state index in [0.717, 1.165) is 24.6 Å². The van der Waals surface area contributed by atoms with Gasteiger partial charge in [-0.25, -0.2) is 8.42 Å². The van der Waals surface area contributed by atoms with Gasteiger partial charge in [-0.3, -0.25) is 9.59 Å². The summed E-state index contributed by atoms with van der Waals surface area (Å²) in [6.07, 6.45) is 3.04. The quantitative estimate of drug-likeness (QED) is 0.496. The van der Waals surface area contributed by atoms with Crippen molar-refractivity contribution in [1.29, 1.82) is 5.26 Å². The number of carboxylic acid groups (broad SMARTS) is 1. The molecule has 1 amide bonds. The maximum absolute atomic E-state index is 12.8. The molecule has 2 rings (SSSR count). The molecule has 7 nitrogen and oxygen atoms in total. The minimum absolute atomic E-state index is 0.0791. The average Bonchev–Trinajstić information content (AvgIpc) is 2.65. The molecule has 2 unspecified atom stereocenters. The number of amides is 1. The highest BCUT2D eigenvalue weighted by molar-refractivity contribution is 8.00. The predicted molar refractivity (Wildman–Crippen MR) is 101 cm³/mol. The molecule has 1 aliphatic carbocycles. The van der Waals surface area contributed by atoms with Crippen molar-refractivity contribution < 1.29 is 23.1 Å². The van der Waals surface area contributed by atoms with Crippen LogP contribution in [0.5, 0.6) is 0 Å². The zero-order chi connectivity index (χ0) is 19.9. The lowest BCUT2D eigenvalue weighted by Gasteiger charge is -2.30. The number of thioether (sulfide) groups is 1. The molecule has 146 valence electrons. The zero-order valence-electron chi connectivity index (χ0n) is 14.8. The molecule has 0 aromatic heterocycles. The largest absolute Gasteiger partial charge is 0.481 e. The number of nitrogens with zero attached hydrogens (tertiary/aromatic N) is 1. The van der Waals surface area contributed by atoms with E-state index in [1.165, 1.54) is 12.1 Å². The molecule has 27 heavy (non-hydrogen) atoms. The van der Waals surface area contributed by atoms with E-state index in [-0.39, 0.29) is 34.8 Å². The minimum Gasteiger partial charge on any atom is -0.481 e. The van der Waals surface area contributed by atoms with Crippen molar-refractivity contribution in [3.63, 3.8) is 0 Å². The summed E-state index contributed by atoms with van der Waals surface area (Å²) in [6, 6.07) is 8.01. The second-order valence-corrected chi connectivity index (χ2v) is 9.55. The summed E-state index contributed by atoms with van der Waals surface area (Å²) in [5.41, 5.74) is 0. The lowest BCUT2D eigenvalue weighted by atomic mass is 9.80. The van der Waals surface area contributed by atoms with E-state index in [0.29, 0.717) is 17.7 Å². The van der Waals surface area contributed by atoms with Crippen molar-refractivity contribution in [2.45, 2.75) is 35.5 Å². The lowest BCUT2D eigenvalue weighted by molar-refractivity contribution is -0.134. The van der Waals surface area contributed by atoms with Crippen LogP contribution in [-0.2, 0) is 19.4 Å². The first-order chi connectivity index (χ1) is 12.8. The normalized spacial score (nSPS) is 19.8. The van der Waals surface area contributed by atoms with Crippen molar-refractivity contribution in [3.05, 3.63) is 24.3 Å². The van der Waals surface area contributed by atoms with E-state index in [4.69, 9.17) is 10.4 Å². The van der Waals surface area contributed by atoms with Crippen LogP contribution in [0.2, 0.25) is 0 Å². The molecule has 0 spiro atoms. The minimum atomic E-state index is -3.57. The molecule has 2 atom stereocenters. The molecule has 1 aromatic carbocycles. The number of nitriles is 1. The molecular weight excluding hydrogens is 388 g/mol. The molecule has 0 bridgehead atoms. The topological polar surface area (TPSA) is 124 Å². The summed E-state index contributed by atoms with van der Waals surface area (Å²) in [4.78, 5) is 23.7. The number of carbonyl (C=O) groups excluding carboxylic acids is 1. The van der Waals surface area contributed by atoms with Crippen LogP contribution in [0.15, 0.2) is 34.1 Å². The molecule has 2 N–H and O–H groups in total. The molecular formula is C18H22N2O5S2. The van der Waals surface area contributed by atoms with Crippen LogP contribution in [0.4, 0.5) is 0 Å². The third-order valence-electron chi connectivity index (χ3n) is 4.57. The van der Waals surface area contributed by atoms with Gasteiger partial charge < -0.3 is 10.4 Å². The third-order valence-corrected chi connectivity index (χ3v) is 7.42. The Morgan fingerprint density at radius 3 is 2.52 bits per heavy atom. The van der Waals surface area contributed by atoms with Crippen molar-refractivity contribution in [2.75, 3.05) is 18.1 Å². The van der Waals surface area contributed by atoms with Crippen LogP contribution in [-0.4, -0.2) is 43.5 Å². The molecule has 0 saturated heterocycles. The number of aliphatic carboxylic acids is 1. The van der Waals surface area contributed by atoms with E-state index in [1.807, 2.05) is 6.07 Å². The molecule has 0 aliphatic heterocycles. The number of sulfone groups is 1. The number of carboxylic acids is 1. The molecule has 0 radical (unpaired) electrons. The van der Waals surface area contributed by atoms with Gasteiger partial charge in [0, 0.05) is 10.8 Å². The van der Waals surface area contributed by atoms with Gasteiger partial charge in [-0.05, 0) is 43.0 Å². The highest BCUT2D eigenvalue weighted by Crippen LogP contribution is 2.33. The Bertz CT molecular complexity index is 815. The van der Waals surface area contributed by atoms with E-state index in [2.05, 4.69) is 5.32 Å². The van der Waals surface area contributed by atoms with Crippen molar-refractivity contribution in [1.82, 2.24) is 5.32 Å². The van der Waals surface area contributed by atoms with Crippen LogP contribution in [0.25, 0.3) is 0 Å². The van der Waals surface area contributed by atoms with Gasteiger partial charge in [-0.1, -0.05) is 12.8 Å². The zero-order valence-corrected chi connectivity index (χ0v) is 16.4. The summed E-state index contributed by atoms with van der Waals surface area (Å²) in [6.45, 7) is -0.0791. The van der Waals surface area contributed by atoms with Crippen LogP contribution < -0.4 is 5.32 Å². The van der Waals surface area contributed by atoms with Crippen LogP contribution in [0.3, 0.4) is 0 Å². The molecule has 1 fully saturated rings. The first-order valence-electron chi connectivity index (χ1n) is 8.65. The summed E-state index contributed by atoms with van der Waals surface area (Å²) in [5, 5.41) is 19.9.